The van der Waals surface area contributed by atoms with E-state index in [1.165, 1.54) is 17.0 Å². The maximum atomic E-state index is 12.7. The highest BCUT2D eigenvalue weighted by atomic mass is 35.5. The van der Waals surface area contributed by atoms with Gasteiger partial charge in [0.2, 0.25) is 0 Å². The number of pyridine rings is 1. The fourth-order valence-corrected chi connectivity index (χ4v) is 3.33. The molecule has 1 saturated heterocycles. The summed E-state index contributed by atoms with van der Waals surface area (Å²) in [5.74, 6) is -1.65. The van der Waals surface area contributed by atoms with Crippen molar-refractivity contribution in [2.75, 3.05) is 6.54 Å². The van der Waals surface area contributed by atoms with Crippen LogP contribution in [-0.2, 0) is 9.59 Å². The van der Waals surface area contributed by atoms with Crippen LogP contribution in [-0.4, -0.2) is 33.2 Å². The van der Waals surface area contributed by atoms with Crippen molar-refractivity contribution in [3.8, 4) is 0 Å². The Labute approximate surface area is 160 Å². The first-order valence-corrected chi connectivity index (χ1v) is 8.85. The molecule has 7 heteroatoms. The van der Waals surface area contributed by atoms with Gasteiger partial charge >= 0.3 is 0 Å². The summed E-state index contributed by atoms with van der Waals surface area (Å²) in [7, 11) is 0. The fourth-order valence-electron chi connectivity index (χ4n) is 3.03. The van der Waals surface area contributed by atoms with Crippen LogP contribution in [0.25, 0.3) is 5.76 Å². The van der Waals surface area contributed by atoms with Gasteiger partial charge in [0.05, 0.1) is 21.7 Å². The fraction of sp³-hybridized carbons (Fsp3) is 0.211. The van der Waals surface area contributed by atoms with Crippen molar-refractivity contribution in [2.45, 2.75) is 19.4 Å². The normalized spacial score (nSPS) is 19.2. The predicted octanol–water partition coefficient (Wildman–Crippen LogP) is 4.22. The van der Waals surface area contributed by atoms with Gasteiger partial charge in [0.1, 0.15) is 5.76 Å². The molecule has 134 valence electrons. The lowest BCUT2D eigenvalue weighted by Gasteiger charge is -2.24. The van der Waals surface area contributed by atoms with E-state index in [0.29, 0.717) is 29.1 Å². The van der Waals surface area contributed by atoms with Gasteiger partial charge in [-0.3, -0.25) is 14.6 Å². The van der Waals surface area contributed by atoms with Gasteiger partial charge in [-0.05, 0) is 36.2 Å². The minimum atomic E-state index is -0.726. The molecule has 1 aromatic carbocycles. The lowest BCUT2D eigenvalue weighted by Crippen LogP contribution is -2.30. The molecule has 1 N–H and O–H groups in total. The average molecular weight is 391 g/mol. The number of carbonyl (C=O) groups excluding carboxylic acids is 2. The Bertz CT molecular complexity index is 897. The molecule has 1 unspecified atom stereocenters. The van der Waals surface area contributed by atoms with E-state index in [9.17, 15) is 14.7 Å². The van der Waals surface area contributed by atoms with Crippen molar-refractivity contribution < 1.29 is 14.7 Å². The number of aliphatic hydroxyl groups is 1. The first-order chi connectivity index (χ1) is 12.5. The molecule has 0 bridgehead atoms. The van der Waals surface area contributed by atoms with Crippen molar-refractivity contribution in [3.05, 3.63) is 69.5 Å². The van der Waals surface area contributed by atoms with E-state index in [0.717, 1.165) is 0 Å². The quantitative estimate of drug-likeness (QED) is 0.481. The minimum Gasteiger partial charge on any atom is -0.507 e. The molecule has 1 aliphatic heterocycles. The van der Waals surface area contributed by atoms with Crippen LogP contribution in [0.2, 0.25) is 10.0 Å². The van der Waals surface area contributed by atoms with Crippen LogP contribution in [0.5, 0.6) is 0 Å². The standard InChI is InChI=1S/C19H16Cl2N2O3/c1-2-8-23-16(12-4-3-7-22-10-12)15(18(25)19(23)26)17(24)11-5-6-13(20)14(21)9-11/h3-7,9-10,16,24H,2,8H2,1H3/b17-15-. The van der Waals surface area contributed by atoms with E-state index >= 15 is 0 Å². The summed E-state index contributed by atoms with van der Waals surface area (Å²) in [6, 6.07) is 7.34. The monoisotopic (exact) mass is 390 g/mol. The predicted molar refractivity (Wildman–Crippen MR) is 100.0 cm³/mol. The Morgan fingerprint density at radius 3 is 2.62 bits per heavy atom. The van der Waals surface area contributed by atoms with Gasteiger partial charge in [-0.15, -0.1) is 0 Å². The highest BCUT2D eigenvalue weighted by Crippen LogP contribution is 2.39. The third-order valence-corrected chi connectivity index (χ3v) is 4.94. The van der Waals surface area contributed by atoms with Crippen molar-refractivity contribution in [2.24, 2.45) is 0 Å². The molecule has 3 rings (SSSR count). The van der Waals surface area contributed by atoms with Crippen molar-refractivity contribution >= 4 is 40.7 Å². The number of nitrogens with zero attached hydrogens (tertiary/aromatic N) is 2. The second-order valence-corrected chi connectivity index (χ2v) is 6.72. The van der Waals surface area contributed by atoms with Crippen LogP contribution >= 0.6 is 23.2 Å². The molecule has 1 aromatic heterocycles. The molecule has 0 radical (unpaired) electrons. The number of amides is 1. The van der Waals surface area contributed by atoms with Crippen molar-refractivity contribution in [3.63, 3.8) is 0 Å². The number of hydrogen-bond donors (Lipinski definition) is 1. The highest BCUT2D eigenvalue weighted by molar-refractivity contribution is 6.46. The molecule has 0 aliphatic carbocycles. The molecular weight excluding hydrogens is 375 g/mol. The number of carbonyl (C=O) groups is 2. The number of aliphatic hydroxyl groups excluding tert-OH is 1. The first kappa shape index (κ1) is 18.4. The third kappa shape index (κ3) is 3.20. The molecule has 5 nitrogen and oxygen atoms in total. The largest absolute Gasteiger partial charge is 0.507 e. The van der Waals surface area contributed by atoms with Gasteiger partial charge in [-0.2, -0.15) is 0 Å². The summed E-state index contributed by atoms with van der Waals surface area (Å²) >= 11 is 11.9. The van der Waals surface area contributed by atoms with E-state index < -0.39 is 17.7 Å². The molecule has 2 aromatic rings. The smallest absolute Gasteiger partial charge is 0.295 e. The van der Waals surface area contributed by atoms with E-state index in [4.69, 9.17) is 23.2 Å². The Morgan fingerprint density at radius 2 is 2.00 bits per heavy atom. The second-order valence-electron chi connectivity index (χ2n) is 5.91. The lowest BCUT2D eigenvalue weighted by atomic mass is 9.96. The topological polar surface area (TPSA) is 70.5 Å². The number of hydrogen-bond acceptors (Lipinski definition) is 4. The van der Waals surface area contributed by atoms with Crippen LogP contribution in [0.1, 0.15) is 30.5 Å². The maximum absolute atomic E-state index is 12.7. The third-order valence-electron chi connectivity index (χ3n) is 4.20. The van der Waals surface area contributed by atoms with Gasteiger partial charge in [-0.25, -0.2) is 0 Å². The van der Waals surface area contributed by atoms with Crippen molar-refractivity contribution in [1.82, 2.24) is 9.88 Å². The summed E-state index contributed by atoms with van der Waals surface area (Å²) in [5, 5.41) is 11.4. The zero-order valence-corrected chi connectivity index (χ0v) is 15.5. The zero-order chi connectivity index (χ0) is 18.8. The van der Waals surface area contributed by atoms with Crippen LogP contribution in [0, 0.1) is 0 Å². The summed E-state index contributed by atoms with van der Waals surface area (Å²) in [5.41, 5.74) is 0.999. The Balaban J connectivity index is 2.19. The van der Waals surface area contributed by atoms with Crippen LogP contribution in [0.3, 0.4) is 0 Å². The van der Waals surface area contributed by atoms with Gasteiger partial charge in [0, 0.05) is 24.5 Å². The molecular formula is C19H16Cl2N2O3. The molecule has 26 heavy (non-hydrogen) atoms. The maximum Gasteiger partial charge on any atom is 0.295 e. The summed E-state index contributed by atoms with van der Waals surface area (Å²) < 4.78 is 0. The SMILES string of the molecule is CCCN1C(=O)C(=O)/C(=C(\O)c2ccc(Cl)c(Cl)c2)C1c1cccnc1. The number of likely N-dealkylation sites (tertiary alicyclic amines) is 1. The molecule has 1 aliphatic rings. The van der Waals surface area contributed by atoms with Gasteiger partial charge < -0.3 is 10.0 Å². The molecule has 0 saturated carbocycles. The van der Waals surface area contributed by atoms with Crippen LogP contribution in [0.15, 0.2) is 48.3 Å². The number of halogens is 2. The number of rotatable bonds is 4. The zero-order valence-electron chi connectivity index (χ0n) is 13.9. The van der Waals surface area contributed by atoms with E-state index in [-0.39, 0.29) is 16.4 Å². The van der Waals surface area contributed by atoms with Gasteiger partial charge in [-0.1, -0.05) is 36.2 Å². The Morgan fingerprint density at radius 1 is 1.23 bits per heavy atom. The molecule has 1 fully saturated rings. The molecule has 1 atom stereocenters. The number of benzene rings is 1. The molecule has 0 spiro atoms. The van der Waals surface area contributed by atoms with E-state index in [1.54, 1.807) is 30.6 Å². The van der Waals surface area contributed by atoms with Crippen LogP contribution in [0.4, 0.5) is 0 Å². The number of aromatic nitrogens is 1. The second kappa shape index (κ2) is 7.48. The molecule has 1 amide bonds. The van der Waals surface area contributed by atoms with Crippen LogP contribution < -0.4 is 0 Å². The van der Waals surface area contributed by atoms with Gasteiger partial charge in [0.15, 0.2) is 0 Å². The summed E-state index contributed by atoms with van der Waals surface area (Å²) in [6.45, 7) is 2.31. The molecule has 2 heterocycles. The van der Waals surface area contributed by atoms with Crippen molar-refractivity contribution in [1.29, 1.82) is 0 Å². The Kier molecular flexibility index (Phi) is 5.30. The Hall–Kier alpha value is -2.37. The highest BCUT2D eigenvalue weighted by Gasteiger charge is 2.45. The first-order valence-electron chi connectivity index (χ1n) is 8.09. The van der Waals surface area contributed by atoms with E-state index in [1.807, 2.05) is 6.92 Å². The summed E-state index contributed by atoms with van der Waals surface area (Å²) in [6.07, 6.45) is 3.87. The van der Waals surface area contributed by atoms with E-state index in [2.05, 4.69) is 4.98 Å². The minimum absolute atomic E-state index is 0.0230. The summed E-state index contributed by atoms with van der Waals surface area (Å²) in [4.78, 5) is 30.7. The lowest BCUT2D eigenvalue weighted by molar-refractivity contribution is -0.139. The number of Topliss-reactive ketones (excluding diaryl/α,β-unsaturated/α-hetero) is 1. The number of ketones is 1. The average Bonchev–Trinajstić information content (AvgIpc) is 2.89. The van der Waals surface area contributed by atoms with Gasteiger partial charge in [0.25, 0.3) is 11.7 Å².